The van der Waals surface area contributed by atoms with Gasteiger partial charge in [0.1, 0.15) is 29.5 Å². The van der Waals surface area contributed by atoms with Crippen LogP contribution in [0.2, 0.25) is 5.02 Å². The molecule has 1 heterocycles. The van der Waals surface area contributed by atoms with Gasteiger partial charge in [-0.15, -0.1) is 0 Å². The predicted molar refractivity (Wildman–Crippen MR) is 123 cm³/mol. The molecule has 0 spiro atoms. The molecule has 176 valence electrons. The highest BCUT2D eigenvalue weighted by molar-refractivity contribution is 6.31. The van der Waals surface area contributed by atoms with Crippen LogP contribution in [0.25, 0.3) is 0 Å². The number of rotatable bonds is 7. The van der Waals surface area contributed by atoms with Crippen molar-refractivity contribution in [3.8, 4) is 5.75 Å². The molecular weight excluding hydrogens is 464 g/mol. The Morgan fingerprint density at radius 2 is 1.85 bits per heavy atom. The summed E-state index contributed by atoms with van der Waals surface area (Å²) in [7, 11) is 0. The number of nitrogens with zero attached hydrogens (tertiary/aromatic N) is 1. The molecule has 0 saturated carbocycles. The van der Waals surface area contributed by atoms with Gasteiger partial charge in [-0.1, -0.05) is 35.9 Å². The summed E-state index contributed by atoms with van der Waals surface area (Å²) in [5.41, 5.74) is 1.35. The van der Waals surface area contributed by atoms with Gasteiger partial charge < -0.3 is 14.7 Å². The van der Waals surface area contributed by atoms with Gasteiger partial charge in [-0.2, -0.15) is 0 Å². The SMILES string of the molecule is C[C@]1(Cc2ccccc2F)Cc2cc(C(=O)N(CC(=O)O)Cc3ccc(F)cc3Cl)ccc2O1. The number of halogens is 3. The van der Waals surface area contributed by atoms with Crippen molar-refractivity contribution in [2.75, 3.05) is 6.54 Å². The van der Waals surface area contributed by atoms with Crippen LogP contribution in [0.1, 0.15) is 34.0 Å². The smallest absolute Gasteiger partial charge is 0.323 e. The molecule has 0 aromatic heterocycles. The van der Waals surface area contributed by atoms with Gasteiger partial charge in [0, 0.05) is 30.0 Å². The Morgan fingerprint density at radius 1 is 1.09 bits per heavy atom. The second kappa shape index (κ2) is 9.43. The maximum Gasteiger partial charge on any atom is 0.323 e. The van der Waals surface area contributed by atoms with Crippen LogP contribution in [-0.2, 0) is 24.2 Å². The third-order valence-corrected chi connectivity index (χ3v) is 6.09. The molecule has 34 heavy (non-hydrogen) atoms. The monoisotopic (exact) mass is 485 g/mol. The number of fused-ring (bicyclic) bond motifs is 1. The van der Waals surface area contributed by atoms with E-state index < -0.39 is 29.8 Å². The van der Waals surface area contributed by atoms with Gasteiger partial charge in [0.25, 0.3) is 5.91 Å². The van der Waals surface area contributed by atoms with E-state index in [0.29, 0.717) is 29.7 Å². The van der Waals surface area contributed by atoms with Gasteiger partial charge in [0.15, 0.2) is 0 Å². The summed E-state index contributed by atoms with van der Waals surface area (Å²) in [6.07, 6.45) is 0.812. The average molecular weight is 486 g/mol. The van der Waals surface area contributed by atoms with Gasteiger partial charge >= 0.3 is 5.97 Å². The normalized spacial score (nSPS) is 16.6. The van der Waals surface area contributed by atoms with Crippen LogP contribution in [0.3, 0.4) is 0 Å². The summed E-state index contributed by atoms with van der Waals surface area (Å²) in [5, 5.41) is 9.43. The van der Waals surface area contributed by atoms with Crippen molar-refractivity contribution >= 4 is 23.5 Å². The number of hydrogen-bond donors (Lipinski definition) is 1. The average Bonchev–Trinajstić information content (AvgIpc) is 3.11. The van der Waals surface area contributed by atoms with Gasteiger partial charge in [-0.25, -0.2) is 8.78 Å². The molecule has 3 aromatic rings. The Balaban J connectivity index is 1.55. The van der Waals surface area contributed by atoms with Crippen molar-refractivity contribution in [2.24, 2.45) is 0 Å². The molecule has 1 aliphatic heterocycles. The Hall–Kier alpha value is -3.45. The van der Waals surface area contributed by atoms with Crippen molar-refractivity contribution in [2.45, 2.75) is 31.9 Å². The molecule has 4 rings (SSSR count). The number of ether oxygens (including phenoxy) is 1. The number of amides is 1. The minimum atomic E-state index is -1.19. The fraction of sp³-hybridized carbons (Fsp3) is 0.231. The van der Waals surface area contributed by atoms with E-state index in [1.165, 1.54) is 18.2 Å². The van der Waals surface area contributed by atoms with Crippen molar-refractivity contribution in [3.05, 3.63) is 99.6 Å². The summed E-state index contributed by atoms with van der Waals surface area (Å²) in [4.78, 5) is 25.8. The van der Waals surface area contributed by atoms with E-state index in [1.807, 2.05) is 6.92 Å². The first-order chi connectivity index (χ1) is 16.1. The molecule has 1 atom stereocenters. The van der Waals surface area contributed by atoms with Crippen LogP contribution in [0.4, 0.5) is 8.78 Å². The number of carboxylic acid groups (broad SMARTS) is 1. The van der Waals surface area contributed by atoms with Crippen molar-refractivity contribution in [1.29, 1.82) is 0 Å². The number of carbonyl (C=O) groups excluding carboxylic acids is 1. The van der Waals surface area contributed by atoms with E-state index in [4.69, 9.17) is 16.3 Å². The highest BCUT2D eigenvalue weighted by atomic mass is 35.5. The molecule has 1 N–H and O–H groups in total. The van der Waals surface area contributed by atoms with Crippen LogP contribution in [0.5, 0.6) is 5.75 Å². The standard InChI is InChI=1S/C26H22ClF2NO4/c1-26(12-17-4-2-3-5-22(17)29)13-19-10-16(7-9-23(19)34-26)25(33)30(15-24(31)32)14-18-6-8-20(28)11-21(18)27/h2-11H,12-15H2,1H3,(H,31,32)/t26-/m0/s1. The lowest BCUT2D eigenvalue weighted by atomic mass is 9.91. The minimum absolute atomic E-state index is 0.0944. The first kappa shape index (κ1) is 23.7. The van der Waals surface area contributed by atoms with Crippen LogP contribution >= 0.6 is 11.6 Å². The molecule has 0 radical (unpaired) electrons. The summed E-state index contributed by atoms with van der Waals surface area (Å²) < 4.78 is 33.6. The number of aliphatic carboxylic acids is 1. The lowest BCUT2D eigenvalue weighted by Crippen LogP contribution is -2.35. The second-order valence-corrected chi connectivity index (χ2v) is 9.02. The van der Waals surface area contributed by atoms with Crippen LogP contribution in [0, 0.1) is 11.6 Å². The lowest BCUT2D eigenvalue weighted by molar-refractivity contribution is -0.137. The summed E-state index contributed by atoms with van der Waals surface area (Å²) in [6.45, 7) is 1.24. The molecule has 0 bridgehead atoms. The number of hydrogen-bond acceptors (Lipinski definition) is 3. The summed E-state index contributed by atoms with van der Waals surface area (Å²) in [5.74, 6) is -1.92. The van der Waals surface area contributed by atoms with E-state index in [9.17, 15) is 23.5 Å². The maximum atomic E-state index is 14.2. The largest absolute Gasteiger partial charge is 0.487 e. The van der Waals surface area contributed by atoms with Gasteiger partial charge in [0.2, 0.25) is 0 Å². The van der Waals surface area contributed by atoms with Crippen LogP contribution in [0.15, 0.2) is 60.7 Å². The zero-order valence-corrected chi connectivity index (χ0v) is 19.1. The van der Waals surface area contributed by atoms with Crippen LogP contribution < -0.4 is 4.74 Å². The molecule has 8 heteroatoms. The minimum Gasteiger partial charge on any atom is -0.487 e. The van der Waals surface area contributed by atoms with Gasteiger partial charge in [-0.05, 0) is 60.0 Å². The van der Waals surface area contributed by atoms with E-state index in [2.05, 4.69) is 0 Å². The topological polar surface area (TPSA) is 66.8 Å². The van der Waals surface area contributed by atoms with Gasteiger partial charge in [0.05, 0.1) is 0 Å². The van der Waals surface area contributed by atoms with Crippen molar-refractivity contribution in [3.63, 3.8) is 0 Å². The zero-order chi connectivity index (χ0) is 24.5. The van der Waals surface area contributed by atoms with E-state index in [1.54, 1.807) is 36.4 Å². The molecule has 5 nitrogen and oxygen atoms in total. The number of carbonyl (C=O) groups is 2. The first-order valence-corrected chi connectivity index (χ1v) is 11.0. The molecule has 3 aromatic carbocycles. The molecule has 1 aliphatic rings. The highest BCUT2D eigenvalue weighted by Gasteiger charge is 2.36. The molecular formula is C26H22ClF2NO4. The van der Waals surface area contributed by atoms with Crippen molar-refractivity contribution < 1.29 is 28.2 Å². The Kier molecular flexibility index (Phi) is 6.57. The quantitative estimate of drug-likeness (QED) is 0.494. The maximum absolute atomic E-state index is 14.2. The van der Waals surface area contributed by atoms with Gasteiger partial charge in [-0.3, -0.25) is 9.59 Å². The van der Waals surface area contributed by atoms with E-state index in [-0.39, 0.29) is 22.9 Å². The Labute approximate surface area is 200 Å². The third-order valence-electron chi connectivity index (χ3n) is 5.74. The summed E-state index contributed by atoms with van der Waals surface area (Å²) >= 11 is 6.08. The van der Waals surface area contributed by atoms with E-state index in [0.717, 1.165) is 16.5 Å². The number of carboxylic acids is 1. The molecule has 0 unspecified atom stereocenters. The highest BCUT2D eigenvalue weighted by Crippen LogP contribution is 2.38. The fourth-order valence-electron chi connectivity index (χ4n) is 4.20. The Morgan fingerprint density at radius 3 is 2.56 bits per heavy atom. The molecule has 0 fully saturated rings. The molecule has 1 amide bonds. The predicted octanol–water partition coefficient (Wildman–Crippen LogP) is 5.28. The number of benzene rings is 3. The Bertz CT molecular complexity index is 1270. The van der Waals surface area contributed by atoms with E-state index >= 15 is 0 Å². The fourth-order valence-corrected chi connectivity index (χ4v) is 4.43. The molecule has 0 aliphatic carbocycles. The third kappa shape index (κ3) is 5.20. The molecule has 0 saturated heterocycles. The van der Waals surface area contributed by atoms with Crippen LogP contribution in [-0.4, -0.2) is 34.0 Å². The van der Waals surface area contributed by atoms with Crippen molar-refractivity contribution in [1.82, 2.24) is 4.90 Å². The first-order valence-electron chi connectivity index (χ1n) is 10.6. The zero-order valence-electron chi connectivity index (χ0n) is 18.4. The lowest BCUT2D eigenvalue weighted by Gasteiger charge is -2.24. The second-order valence-electron chi connectivity index (χ2n) is 8.61. The summed E-state index contributed by atoms with van der Waals surface area (Å²) in [6, 6.07) is 15.2.